The van der Waals surface area contributed by atoms with Crippen LogP contribution in [0, 0.1) is 0 Å². The molecule has 3 rings (SSSR count). The standard InChI is InChI=1S/C18H20N2O5/c1-5-13-16(18(21)24-6-2)17-20(19-13)14(10-25-17)12-8-7-11(22-3)9-15(12)23-4/h7-10H,5-6H2,1-4H3. The highest BCUT2D eigenvalue weighted by Gasteiger charge is 2.25. The monoisotopic (exact) mass is 344 g/mol. The third kappa shape index (κ3) is 2.82. The summed E-state index contributed by atoms with van der Waals surface area (Å²) in [4.78, 5) is 12.3. The van der Waals surface area contributed by atoms with E-state index in [0.29, 0.717) is 47.2 Å². The van der Waals surface area contributed by atoms with Gasteiger partial charge in [0.1, 0.15) is 29.0 Å². The van der Waals surface area contributed by atoms with E-state index in [1.807, 2.05) is 19.1 Å². The molecule has 0 aliphatic rings. The van der Waals surface area contributed by atoms with E-state index in [1.54, 1.807) is 38.0 Å². The lowest BCUT2D eigenvalue weighted by molar-refractivity contribution is 0.0526. The zero-order chi connectivity index (χ0) is 18.0. The normalized spacial score (nSPS) is 10.9. The number of carbonyl (C=O) groups excluding carboxylic acids is 1. The van der Waals surface area contributed by atoms with Gasteiger partial charge in [0.05, 0.1) is 26.5 Å². The number of aryl methyl sites for hydroxylation is 1. The Morgan fingerprint density at radius 2 is 2.04 bits per heavy atom. The number of methoxy groups -OCH3 is 2. The number of rotatable bonds is 6. The summed E-state index contributed by atoms with van der Waals surface area (Å²) in [5, 5.41) is 4.52. The Bertz CT molecular complexity index is 910. The van der Waals surface area contributed by atoms with E-state index in [9.17, 15) is 4.79 Å². The molecule has 0 N–H and O–H groups in total. The second kappa shape index (κ2) is 6.88. The molecule has 7 heteroatoms. The molecule has 25 heavy (non-hydrogen) atoms. The Morgan fingerprint density at radius 1 is 1.24 bits per heavy atom. The van der Waals surface area contributed by atoms with Gasteiger partial charge in [-0.1, -0.05) is 6.92 Å². The number of hydrogen-bond acceptors (Lipinski definition) is 6. The van der Waals surface area contributed by atoms with Crippen molar-refractivity contribution >= 4 is 11.7 Å². The molecule has 0 aliphatic carbocycles. The summed E-state index contributed by atoms with van der Waals surface area (Å²) in [7, 11) is 3.18. The van der Waals surface area contributed by atoms with Crippen LogP contribution in [0.4, 0.5) is 0 Å². The maximum absolute atomic E-state index is 12.3. The van der Waals surface area contributed by atoms with Crippen LogP contribution in [-0.4, -0.2) is 36.4 Å². The number of fused-ring (bicyclic) bond motifs is 1. The quantitative estimate of drug-likeness (QED) is 0.638. The molecular weight excluding hydrogens is 324 g/mol. The molecule has 0 saturated carbocycles. The Labute approximate surface area is 145 Å². The van der Waals surface area contributed by atoms with Gasteiger partial charge in [-0.3, -0.25) is 0 Å². The first-order valence-electron chi connectivity index (χ1n) is 8.03. The molecule has 0 radical (unpaired) electrons. The molecule has 2 aromatic heterocycles. The van der Waals surface area contributed by atoms with Crippen molar-refractivity contribution in [3.63, 3.8) is 0 Å². The topological polar surface area (TPSA) is 75.2 Å². The van der Waals surface area contributed by atoms with Gasteiger partial charge in [-0.15, -0.1) is 0 Å². The molecular formula is C18H20N2O5. The lowest BCUT2D eigenvalue weighted by Crippen LogP contribution is -2.06. The highest BCUT2D eigenvalue weighted by atomic mass is 16.5. The minimum atomic E-state index is -0.433. The third-order valence-electron chi connectivity index (χ3n) is 3.92. The van der Waals surface area contributed by atoms with Gasteiger partial charge in [-0.05, 0) is 25.5 Å². The average Bonchev–Trinajstić information content (AvgIpc) is 3.19. The van der Waals surface area contributed by atoms with Gasteiger partial charge in [0, 0.05) is 11.6 Å². The van der Waals surface area contributed by atoms with Crippen LogP contribution in [0.15, 0.2) is 28.9 Å². The Morgan fingerprint density at radius 3 is 2.68 bits per heavy atom. The van der Waals surface area contributed by atoms with Gasteiger partial charge in [0.2, 0.25) is 5.71 Å². The van der Waals surface area contributed by atoms with E-state index < -0.39 is 5.97 Å². The van der Waals surface area contributed by atoms with Crippen molar-refractivity contribution in [2.75, 3.05) is 20.8 Å². The number of ether oxygens (including phenoxy) is 3. The number of aromatic nitrogens is 2. The predicted octanol–water partition coefficient (Wildman–Crippen LogP) is 3.35. The van der Waals surface area contributed by atoms with Crippen LogP contribution < -0.4 is 9.47 Å². The molecule has 2 heterocycles. The molecule has 0 amide bonds. The van der Waals surface area contributed by atoms with E-state index in [-0.39, 0.29) is 0 Å². The Balaban J connectivity index is 2.18. The van der Waals surface area contributed by atoms with Gasteiger partial charge in [0.15, 0.2) is 0 Å². The fourth-order valence-electron chi connectivity index (χ4n) is 2.72. The molecule has 0 aliphatic heterocycles. The van der Waals surface area contributed by atoms with E-state index in [1.165, 1.54) is 0 Å². The van der Waals surface area contributed by atoms with Crippen molar-refractivity contribution in [2.24, 2.45) is 0 Å². The van der Waals surface area contributed by atoms with Gasteiger partial charge in [-0.25, -0.2) is 4.79 Å². The third-order valence-corrected chi connectivity index (χ3v) is 3.92. The van der Waals surface area contributed by atoms with Crippen molar-refractivity contribution in [3.8, 4) is 22.8 Å². The predicted molar refractivity (Wildman–Crippen MR) is 91.3 cm³/mol. The molecule has 0 fully saturated rings. The minimum Gasteiger partial charge on any atom is -0.497 e. The number of nitrogens with zero attached hydrogens (tertiary/aromatic N) is 2. The molecule has 7 nitrogen and oxygen atoms in total. The van der Waals surface area contributed by atoms with E-state index in [0.717, 1.165) is 5.56 Å². The number of hydrogen-bond donors (Lipinski definition) is 0. The second-order valence-electron chi connectivity index (χ2n) is 5.30. The SMILES string of the molecule is CCOC(=O)c1c(CC)nn2c(-c3ccc(OC)cc3OC)coc12. The molecule has 0 unspecified atom stereocenters. The summed E-state index contributed by atoms with van der Waals surface area (Å²) < 4.78 is 23.1. The van der Waals surface area contributed by atoms with E-state index in [4.69, 9.17) is 18.6 Å². The van der Waals surface area contributed by atoms with Crippen molar-refractivity contribution in [2.45, 2.75) is 20.3 Å². The van der Waals surface area contributed by atoms with Gasteiger partial charge < -0.3 is 18.6 Å². The summed E-state index contributed by atoms with van der Waals surface area (Å²) in [5.41, 5.74) is 2.82. The first kappa shape index (κ1) is 16.9. The average molecular weight is 344 g/mol. The van der Waals surface area contributed by atoms with Crippen molar-refractivity contribution in [1.82, 2.24) is 9.61 Å². The Kier molecular flexibility index (Phi) is 4.65. The number of benzene rings is 1. The number of carbonyl (C=O) groups is 1. The van der Waals surface area contributed by atoms with Crippen molar-refractivity contribution in [3.05, 3.63) is 35.7 Å². The molecule has 0 atom stereocenters. The zero-order valence-corrected chi connectivity index (χ0v) is 14.7. The van der Waals surface area contributed by atoms with Crippen LogP contribution in [0.1, 0.15) is 29.9 Å². The lowest BCUT2D eigenvalue weighted by atomic mass is 10.1. The van der Waals surface area contributed by atoms with Crippen LogP contribution in [-0.2, 0) is 11.2 Å². The van der Waals surface area contributed by atoms with Crippen LogP contribution in [0.25, 0.3) is 17.0 Å². The fourth-order valence-corrected chi connectivity index (χ4v) is 2.72. The summed E-state index contributed by atoms with van der Waals surface area (Å²) >= 11 is 0. The Hall–Kier alpha value is -2.96. The molecule has 3 aromatic rings. The fraction of sp³-hybridized carbons (Fsp3) is 0.333. The summed E-state index contributed by atoms with van der Waals surface area (Å²) in [6.45, 7) is 3.98. The van der Waals surface area contributed by atoms with Crippen molar-refractivity contribution < 1.29 is 23.4 Å². The van der Waals surface area contributed by atoms with Gasteiger partial charge in [0.25, 0.3) is 0 Å². The molecule has 0 bridgehead atoms. The maximum Gasteiger partial charge on any atom is 0.345 e. The molecule has 0 saturated heterocycles. The van der Waals surface area contributed by atoms with Gasteiger partial charge >= 0.3 is 5.97 Å². The first-order chi connectivity index (χ1) is 12.1. The number of oxazole rings is 1. The van der Waals surface area contributed by atoms with Gasteiger partial charge in [-0.2, -0.15) is 9.61 Å². The highest BCUT2D eigenvalue weighted by Crippen LogP contribution is 2.35. The van der Waals surface area contributed by atoms with Crippen LogP contribution in [0.2, 0.25) is 0 Å². The summed E-state index contributed by atoms with van der Waals surface area (Å²) in [5.74, 6) is 0.868. The summed E-state index contributed by atoms with van der Waals surface area (Å²) in [6, 6.07) is 5.47. The van der Waals surface area contributed by atoms with E-state index >= 15 is 0 Å². The van der Waals surface area contributed by atoms with Crippen LogP contribution in [0.5, 0.6) is 11.5 Å². The molecule has 0 spiro atoms. The maximum atomic E-state index is 12.3. The van der Waals surface area contributed by atoms with Crippen LogP contribution in [0.3, 0.4) is 0 Å². The number of esters is 1. The molecule has 132 valence electrons. The zero-order valence-electron chi connectivity index (χ0n) is 14.7. The van der Waals surface area contributed by atoms with Crippen molar-refractivity contribution in [1.29, 1.82) is 0 Å². The van der Waals surface area contributed by atoms with E-state index in [2.05, 4.69) is 5.10 Å². The minimum absolute atomic E-state index is 0.291. The van der Waals surface area contributed by atoms with Crippen LogP contribution >= 0.6 is 0 Å². The summed E-state index contributed by atoms with van der Waals surface area (Å²) in [6.07, 6.45) is 2.14. The lowest BCUT2D eigenvalue weighted by Gasteiger charge is -2.08. The highest BCUT2D eigenvalue weighted by molar-refractivity contribution is 5.97. The second-order valence-corrected chi connectivity index (χ2v) is 5.30. The smallest absolute Gasteiger partial charge is 0.345 e. The first-order valence-corrected chi connectivity index (χ1v) is 8.03. The molecule has 1 aromatic carbocycles. The largest absolute Gasteiger partial charge is 0.497 e.